The molecular weight excluding hydrogens is 148 g/mol. The third-order valence-electron chi connectivity index (χ3n) is 2.43. The molecule has 0 aromatic heterocycles. The summed E-state index contributed by atoms with van der Waals surface area (Å²) in [7, 11) is 2.02. The van der Waals surface area contributed by atoms with Crippen LogP contribution < -0.4 is 5.32 Å². The van der Waals surface area contributed by atoms with Crippen LogP contribution in [0.25, 0.3) is 0 Å². The summed E-state index contributed by atoms with van der Waals surface area (Å²) in [4.78, 5) is 2.54. The zero-order chi connectivity index (χ0) is 9.19. The molecule has 1 aliphatic rings. The molecule has 0 saturated carbocycles. The number of likely N-dealkylation sites (tertiary alicyclic amines) is 1. The summed E-state index contributed by atoms with van der Waals surface area (Å²) in [5, 5.41) is 3.22. The van der Waals surface area contributed by atoms with E-state index in [-0.39, 0.29) is 0 Å². The molecule has 0 aliphatic carbocycles. The molecule has 0 aromatic rings. The first-order chi connectivity index (χ1) is 5.53. The van der Waals surface area contributed by atoms with Crippen LogP contribution in [0.3, 0.4) is 0 Å². The second-order valence-electron chi connectivity index (χ2n) is 5.00. The minimum atomic E-state index is 0.583. The van der Waals surface area contributed by atoms with Gasteiger partial charge in [-0.15, -0.1) is 0 Å². The zero-order valence-electron chi connectivity index (χ0n) is 8.85. The fraction of sp³-hybridized carbons (Fsp3) is 1.00. The minimum Gasteiger partial charge on any atom is -0.319 e. The van der Waals surface area contributed by atoms with Crippen LogP contribution in [-0.4, -0.2) is 38.1 Å². The highest BCUT2D eigenvalue weighted by Crippen LogP contribution is 2.28. The Hall–Kier alpha value is -0.0800. The van der Waals surface area contributed by atoms with Gasteiger partial charge in [-0.2, -0.15) is 0 Å². The lowest BCUT2D eigenvalue weighted by Gasteiger charge is -2.47. The quantitative estimate of drug-likeness (QED) is 0.681. The van der Waals surface area contributed by atoms with Crippen molar-refractivity contribution in [1.82, 2.24) is 10.2 Å². The highest BCUT2D eigenvalue weighted by molar-refractivity contribution is 4.88. The first-order valence-electron chi connectivity index (χ1n) is 4.90. The molecule has 1 aliphatic heterocycles. The van der Waals surface area contributed by atoms with E-state index in [1.54, 1.807) is 0 Å². The van der Waals surface area contributed by atoms with Crippen LogP contribution in [0.4, 0.5) is 0 Å². The normalized spacial score (nSPS) is 25.0. The van der Waals surface area contributed by atoms with E-state index in [9.17, 15) is 0 Å². The Morgan fingerprint density at radius 2 is 2.00 bits per heavy atom. The van der Waals surface area contributed by atoms with E-state index in [4.69, 9.17) is 0 Å². The van der Waals surface area contributed by atoms with Crippen LogP contribution in [0.1, 0.15) is 20.8 Å². The lowest BCUT2D eigenvalue weighted by atomic mass is 9.84. The summed E-state index contributed by atoms with van der Waals surface area (Å²) in [6.45, 7) is 11.9. The van der Waals surface area contributed by atoms with Crippen molar-refractivity contribution < 1.29 is 0 Å². The van der Waals surface area contributed by atoms with Crippen LogP contribution in [0.2, 0.25) is 0 Å². The molecule has 1 rings (SSSR count). The molecule has 1 heterocycles. The van der Waals surface area contributed by atoms with Crippen molar-refractivity contribution in [2.75, 3.05) is 33.2 Å². The maximum Gasteiger partial charge on any atom is 0.00453 e. The molecule has 0 radical (unpaired) electrons. The summed E-state index contributed by atoms with van der Waals surface area (Å²) in [5.74, 6) is 0.783. The fourth-order valence-electron chi connectivity index (χ4n) is 2.15. The molecule has 0 spiro atoms. The Morgan fingerprint density at radius 1 is 1.42 bits per heavy atom. The average Bonchev–Trinajstić information content (AvgIpc) is 1.83. The third kappa shape index (κ3) is 2.76. The lowest BCUT2D eigenvalue weighted by molar-refractivity contribution is 0.0204. The Kier molecular flexibility index (Phi) is 3.13. The summed E-state index contributed by atoms with van der Waals surface area (Å²) in [6, 6.07) is 0. The standard InChI is InChI=1S/C10H22N2/c1-9(5-11-4)6-12-7-10(2,3)8-12/h9,11H,5-8H2,1-4H3. The largest absolute Gasteiger partial charge is 0.319 e. The minimum absolute atomic E-state index is 0.583. The van der Waals surface area contributed by atoms with Gasteiger partial charge in [-0.3, -0.25) is 0 Å². The molecule has 1 unspecified atom stereocenters. The first-order valence-corrected chi connectivity index (χ1v) is 4.90. The molecular formula is C10H22N2. The van der Waals surface area contributed by atoms with Gasteiger partial charge in [0.2, 0.25) is 0 Å². The number of hydrogen-bond acceptors (Lipinski definition) is 2. The van der Waals surface area contributed by atoms with Crippen LogP contribution in [0.15, 0.2) is 0 Å². The number of rotatable bonds is 4. The Morgan fingerprint density at radius 3 is 2.42 bits per heavy atom. The Bertz CT molecular complexity index is 135. The molecule has 0 amide bonds. The number of nitrogens with zero attached hydrogens (tertiary/aromatic N) is 1. The second-order valence-corrected chi connectivity index (χ2v) is 5.00. The highest BCUT2D eigenvalue weighted by Gasteiger charge is 2.33. The number of nitrogens with one attached hydrogen (secondary N) is 1. The number of hydrogen-bond donors (Lipinski definition) is 1. The average molecular weight is 170 g/mol. The van der Waals surface area contributed by atoms with E-state index in [0.29, 0.717) is 5.41 Å². The van der Waals surface area contributed by atoms with Gasteiger partial charge in [0.15, 0.2) is 0 Å². The molecule has 72 valence electrons. The predicted octanol–water partition coefficient (Wildman–Crippen LogP) is 1.18. The van der Waals surface area contributed by atoms with Gasteiger partial charge in [0, 0.05) is 19.6 Å². The smallest absolute Gasteiger partial charge is 0.00453 e. The molecule has 0 aromatic carbocycles. The molecule has 1 atom stereocenters. The van der Waals surface area contributed by atoms with E-state index in [1.165, 1.54) is 19.6 Å². The van der Waals surface area contributed by atoms with Crippen LogP contribution in [0.5, 0.6) is 0 Å². The monoisotopic (exact) mass is 170 g/mol. The Labute approximate surface area is 76.3 Å². The van der Waals surface area contributed by atoms with Crippen molar-refractivity contribution in [3.05, 3.63) is 0 Å². The van der Waals surface area contributed by atoms with E-state index < -0.39 is 0 Å². The van der Waals surface area contributed by atoms with Crippen molar-refractivity contribution in [2.45, 2.75) is 20.8 Å². The Balaban J connectivity index is 2.10. The molecule has 1 N–H and O–H groups in total. The van der Waals surface area contributed by atoms with Crippen molar-refractivity contribution in [3.8, 4) is 0 Å². The molecule has 0 bridgehead atoms. The van der Waals surface area contributed by atoms with Gasteiger partial charge in [-0.05, 0) is 24.9 Å². The molecule has 2 heteroatoms. The lowest BCUT2D eigenvalue weighted by Crippen LogP contribution is -2.54. The van der Waals surface area contributed by atoms with Gasteiger partial charge in [0.25, 0.3) is 0 Å². The van der Waals surface area contributed by atoms with Gasteiger partial charge in [0.1, 0.15) is 0 Å². The van der Waals surface area contributed by atoms with E-state index in [0.717, 1.165) is 12.5 Å². The molecule has 2 nitrogen and oxygen atoms in total. The third-order valence-corrected chi connectivity index (χ3v) is 2.43. The predicted molar refractivity (Wildman–Crippen MR) is 53.3 cm³/mol. The van der Waals surface area contributed by atoms with Crippen molar-refractivity contribution >= 4 is 0 Å². The van der Waals surface area contributed by atoms with Gasteiger partial charge >= 0.3 is 0 Å². The summed E-state index contributed by atoms with van der Waals surface area (Å²) in [6.07, 6.45) is 0. The topological polar surface area (TPSA) is 15.3 Å². The summed E-state index contributed by atoms with van der Waals surface area (Å²) >= 11 is 0. The summed E-state index contributed by atoms with van der Waals surface area (Å²) < 4.78 is 0. The van der Waals surface area contributed by atoms with Crippen molar-refractivity contribution in [1.29, 1.82) is 0 Å². The SMILES string of the molecule is CNCC(C)CN1CC(C)(C)C1. The van der Waals surface area contributed by atoms with Crippen LogP contribution in [-0.2, 0) is 0 Å². The zero-order valence-corrected chi connectivity index (χ0v) is 8.85. The van der Waals surface area contributed by atoms with Crippen molar-refractivity contribution in [3.63, 3.8) is 0 Å². The van der Waals surface area contributed by atoms with Crippen LogP contribution >= 0.6 is 0 Å². The van der Waals surface area contributed by atoms with Gasteiger partial charge < -0.3 is 10.2 Å². The maximum absolute atomic E-state index is 3.22. The highest BCUT2D eigenvalue weighted by atomic mass is 15.2. The van der Waals surface area contributed by atoms with Gasteiger partial charge in [-0.1, -0.05) is 20.8 Å². The van der Waals surface area contributed by atoms with Gasteiger partial charge in [0.05, 0.1) is 0 Å². The van der Waals surface area contributed by atoms with E-state index in [1.807, 2.05) is 7.05 Å². The second kappa shape index (κ2) is 3.75. The molecule has 1 saturated heterocycles. The van der Waals surface area contributed by atoms with Crippen molar-refractivity contribution in [2.24, 2.45) is 11.3 Å². The summed E-state index contributed by atoms with van der Waals surface area (Å²) in [5.41, 5.74) is 0.583. The first kappa shape index (κ1) is 10.0. The van der Waals surface area contributed by atoms with E-state index >= 15 is 0 Å². The van der Waals surface area contributed by atoms with E-state index in [2.05, 4.69) is 31.0 Å². The fourth-order valence-corrected chi connectivity index (χ4v) is 2.15. The maximum atomic E-state index is 3.22. The molecule has 1 fully saturated rings. The van der Waals surface area contributed by atoms with Gasteiger partial charge in [-0.25, -0.2) is 0 Å². The van der Waals surface area contributed by atoms with Crippen LogP contribution in [0, 0.1) is 11.3 Å². The molecule has 12 heavy (non-hydrogen) atoms.